The van der Waals surface area contributed by atoms with Crippen LogP contribution < -0.4 is 19.5 Å². The first-order valence-electron chi connectivity index (χ1n) is 9.41. The van der Waals surface area contributed by atoms with Crippen LogP contribution in [0.15, 0.2) is 24.5 Å². The van der Waals surface area contributed by atoms with Gasteiger partial charge in [-0.1, -0.05) is 0 Å². The van der Waals surface area contributed by atoms with Gasteiger partial charge in [0, 0.05) is 31.5 Å². The maximum Gasteiger partial charge on any atom is 0.228 e. The zero-order valence-electron chi connectivity index (χ0n) is 17.4. The van der Waals surface area contributed by atoms with Gasteiger partial charge >= 0.3 is 0 Å². The maximum absolute atomic E-state index is 14.4. The van der Waals surface area contributed by atoms with E-state index in [4.69, 9.17) is 19.3 Å². The predicted octanol–water partition coefficient (Wildman–Crippen LogP) is 2.75. The van der Waals surface area contributed by atoms with E-state index < -0.39 is 18.2 Å². The molecule has 2 aromatic heterocycles. The SMILES string of the molecule is COc1cc(OC)c(F)c(COc2cnc(Nc3cc(CCCO)n(C)n3)nc2)c1F. The van der Waals surface area contributed by atoms with Gasteiger partial charge in [-0.3, -0.25) is 4.68 Å². The summed E-state index contributed by atoms with van der Waals surface area (Å²) in [6, 6.07) is 2.97. The molecule has 2 N–H and O–H groups in total. The number of benzene rings is 1. The van der Waals surface area contributed by atoms with Crippen LogP contribution in [0.2, 0.25) is 0 Å². The van der Waals surface area contributed by atoms with Crippen LogP contribution in [0, 0.1) is 11.6 Å². The van der Waals surface area contributed by atoms with Crippen molar-refractivity contribution in [3.05, 3.63) is 47.4 Å². The Morgan fingerprint density at radius 3 is 2.29 bits per heavy atom. The molecule has 3 rings (SSSR count). The Labute approximate surface area is 177 Å². The molecular formula is C20H23F2N5O4. The molecule has 0 aliphatic heterocycles. The van der Waals surface area contributed by atoms with E-state index in [9.17, 15) is 8.78 Å². The van der Waals surface area contributed by atoms with Crippen molar-refractivity contribution in [3.8, 4) is 17.2 Å². The largest absolute Gasteiger partial charge is 0.494 e. The minimum atomic E-state index is -0.868. The lowest BCUT2D eigenvalue weighted by Crippen LogP contribution is -2.06. The Kier molecular flexibility index (Phi) is 7.19. The minimum absolute atomic E-state index is 0.106. The monoisotopic (exact) mass is 435 g/mol. The van der Waals surface area contributed by atoms with Crippen LogP contribution in [0.1, 0.15) is 17.7 Å². The number of nitrogens with one attached hydrogen (secondary N) is 1. The average molecular weight is 435 g/mol. The third-order valence-corrected chi connectivity index (χ3v) is 4.48. The van der Waals surface area contributed by atoms with Crippen LogP contribution in [0.25, 0.3) is 0 Å². The average Bonchev–Trinajstić information content (AvgIpc) is 3.12. The molecule has 0 atom stereocenters. The highest BCUT2D eigenvalue weighted by Crippen LogP contribution is 2.32. The lowest BCUT2D eigenvalue weighted by Gasteiger charge is -2.13. The van der Waals surface area contributed by atoms with Crippen molar-refractivity contribution in [2.75, 3.05) is 26.1 Å². The third-order valence-electron chi connectivity index (χ3n) is 4.48. The van der Waals surface area contributed by atoms with E-state index in [1.54, 1.807) is 4.68 Å². The van der Waals surface area contributed by atoms with Gasteiger partial charge in [0.25, 0.3) is 0 Å². The summed E-state index contributed by atoms with van der Waals surface area (Å²) in [5.41, 5.74) is 0.622. The smallest absolute Gasteiger partial charge is 0.228 e. The number of aromatic nitrogens is 4. The molecule has 2 heterocycles. The maximum atomic E-state index is 14.4. The first-order chi connectivity index (χ1) is 15.0. The molecule has 9 nitrogen and oxygen atoms in total. The number of aliphatic hydroxyl groups excluding tert-OH is 1. The van der Waals surface area contributed by atoms with Gasteiger partial charge in [-0.25, -0.2) is 18.7 Å². The molecule has 0 spiro atoms. The standard InChI is InChI=1S/C20H23F2N5O4/c1-27-12(5-4-6-28)7-17(26-27)25-20-23-9-13(10-24-20)31-11-14-18(21)15(29-2)8-16(30-3)19(14)22/h7-10,28H,4-6,11H2,1-3H3,(H,23,24,25,26). The third kappa shape index (κ3) is 5.18. The van der Waals surface area contributed by atoms with Crippen molar-refractivity contribution in [3.63, 3.8) is 0 Å². The van der Waals surface area contributed by atoms with Gasteiger partial charge in [-0.15, -0.1) is 0 Å². The normalized spacial score (nSPS) is 10.8. The summed E-state index contributed by atoms with van der Waals surface area (Å²) in [6.07, 6.45) is 4.08. The van der Waals surface area contributed by atoms with E-state index in [0.717, 1.165) is 11.8 Å². The summed E-state index contributed by atoms with van der Waals surface area (Å²) >= 11 is 0. The van der Waals surface area contributed by atoms with Gasteiger partial charge in [0.1, 0.15) is 6.61 Å². The van der Waals surface area contributed by atoms with Gasteiger partial charge in [-0.05, 0) is 12.8 Å². The van der Waals surface area contributed by atoms with Crippen LogP contribution in [0.5, 0.6) is 17.2 Å². The fourth-order valence-electron chi connectivity index (χ4n) is 2.85. The van der Waals surface area contributed by atoms with E-state index in [0.29, 0.717) is 18.7 Å². The highest BCUT2D eigenvalue weighted by molar-refractivity contribution is 5.48. The number of hydrogen-bond acceptors (Lipinski definition) is 8. The first-order valence-corrected chi connectivity index (χ1v) is 9.41. The van der Waals surface area contributed by atoms with Gasteiger partial charge < -0.3 is 24.6 Å². The molecule has 1 aromatic carbocycles. The Balaban J connectivity index is 1.67. The molecule has 0 aliphatic rings. The number of hydrogen-bond donors (Lipinski definition) is 2. The van der Waals surface area contributed by atoms with Crippen molar-refractivity contribution in [2.24, 2.45) is 7.05 Å². The summed E-state index contributed by atoms with van der Waals surface area (Å²) in [6.45, 7) is -0.301. The lowest BCUT2D eigenvalue weighted by atomic mass is 10.1. The quantitative estimate of drug-likeness (QED) is 0.501. The van der Waals surface area contributed by atoms with Gasteiger partial charge in [0.2, 0.25) is 5.95 Å². The van der Waals surface area contributed by atoms with Crippen LogP contribution in [-0.4, -0.2) is 45.7 Å². The number of anilines is 2. The second-order valence-electron chi connectivity index (χ2n) is 6.52. The molecule has 31 heavy (non-hydrogen) atoms. The molecule has 0 saturated heterocycles. The van der Waals surface area contributed by atoms with Crippen molar-refractivity contribution in [2.45, 2.75) is 19.4 Å². The number of methoxy groups -OCH3 is 2. The molecule has 166 valence electrons. The molecule has 0 saturated carbocycles. The molecule has 3 aromatic rings. The summed E-state index contributed by atoms with van der Waals surface area (Å²) in [4.78, 5) is 8.25. The summed E-state index contributed by atoms with van der Waals surface area (Å²) in [5.74, 6) is -0.992. The topological polar surface area (TPSA) is 104 Å². The van der Waals surface area contributed by atoms with Gasteiger partial charge in [-0.2, -0.15) is 5.10 Å². The van der Waals surface area contributed by atoms with E-state index in [-0.39, 0.29) is 35.4 Å². The molecular weight excluding hydrogens is 412 g/mol. The van der Waals surface area contributed by atoms with Crippen LogP contribution in [0.3, 0.4) is 0 Å². The van der Waals surface area contributed by atoms with Crippen molar-refractivity contribution in [1.29, 1.82) is 0 Å². The summed E-state index contributed by atoms with van der Waals surface area (Å²) in [5, 5.41) is 16.2. The number of rotatable bonds is 10. The van der Waals surface area contributed by atoms with E-state index in [1.165, 1.54) is 26.6 Å². The molecule has 0 aliphatic carbocycles. The highest BCUT2D eigenvalue weighted by Gasteiger charge is 2.20. The minimum Gasteiger partial charge on any atom is -0.494 e. The number of halogens is 2. The second kappa shape index (κ2) is 10.0. The van der Waals surface area contributed by atoms with Crippen LogP contribution >= 0.6 is 0 Å². The Morgan fingerprint density at radius 2 is 1.71 bits per heavy atom. The number of aryl methyl sites for hydroxylation is 2. The van der Waals surface area contributed by atoms with E-state index in [2.05, 4.69) is 20.4 Å². The predicted molar refractivity (Wildman–Crippen MR) is 108 cm³/mol. The molecule has 0 unspecified atom stereocenters. The number of aliphatic hydroxyl groups is 1. The number of nitrogens with zero attached hydrogens (tertiary/aromatic N) is 4. The number of ether oxygens (including phenoxy) is 3. The van der Waals surface area contributed by atoms with Gasteiger partial charge in [0.15, 0.2) is 34.7 Å². The van der Waals surface area contributed by atoms with Crippen LogP contribution in [0.4, 0.5) is 20.5 Å². The molecule has 0 bridgehead atoms. The van der Waals surface area contributed by atoms with E-state index >= 15 is 0 Å². The zero-order chi connectivity index (χ0) is 22.4. The lowest BCUT2D eigenvalue weighted by molar-refractivity contribution is 0.280. The Bertz CT molecular complexity index is 999. The van der Waals surface area contributed by atoms with Crippen molar-refractivity contribution in [1.82, 2.24) is 19.7 Å². The second-order valence-corrected chi connectivity index (χ2v) is 6.52. The van der Waals surface area contributed by atoms with Crippen molar-refractivity contribution >= 4 is 11.8 Å². The van der Waals surface area contributed by atoms with Gasteiger partial charge in [0.05, 0.1) is 32.2 Å². The summed E-state index contributed by atoms with van der Waals surface area (Å²) < 4.78 is 45.8. The fourth-order valence-corrected chi connectivity index (χ4v) is 2.85. The van der Waals surface area contributed by atoms with E-state index in [1.807, 2.05) is 13.1 Å². The van der Waals surface area contributed by atoms with Crippen LogP contribution in [-0.2, 0) is 20.1 Å². The molecule has 11 heteroatoms. The summed E-state index contributed by atoms with van der Waals surface area (Å²) in [7, 11) is 4.36. The molecule has 0 radical (unpaired) electrons. The first kappa shape index (κ1) is 22.2. The molecule has 0 amide bonds. The fraction of sp³-hybridized carbons (Fsp3) is 0.350. The zero-order valence-corrected chi connectivity index (χ0v) is 17.4. The highest BCUT2D eigenvalue weighted by atomic mass is 19.1. The molecule has 0 fully saturated rings. The Hall–Kier alpha value is -3.47. The Morgan fingerprint density at radius 1 is 1.06 bits per heavy atom. The van der Waals surface area contributed by atoms with Crippen molar-refractivity contribution < 1.29 is 28.1 Å².